The van der Waals surface area contributed by atoms with Crippen LogP contribution < -0.4 is 5.73 Å². The lowest BCUT2D eigenvalue weighted by Gasteiger charge is -2.47. The monoisotopic (exact) mass is 244 g/mol. The van der Waals surface area contributed by atoms with Crippen LogP contribution in [0.5, 0.6) is 0 Å². The summed E-state index contributed by atoms with van der Waals surface area (Å²) < 4.78 is 11.1. The second kappa shape index (κ2) is 5.65. The van der Waals surface area contributed by atoms with Crippen molar-refractivity contribution in [3.05, 3.63) is 0 Å². The standard InChI is InChI=1S/C13H28N2O2/c1-12(2)10-17-7-6-15(12)11(9-14)8-13(3,4)16-5/h11H,6-10,14H2,1-5H3. The van der Waals surface area contributed by atoms with Crippen LogP contribution in [0.4, 0.5) is 0 Å². The fourth-order valence-corrected chi connectivity index (χ4v) is 2.52. The average molecular weight is 244 g/mol. The molecule has 0 amide bonds. The largest absolute Gasteiger partial charge is 0.379 e. The van der Waals surface area contributed by atoms with Crippen molar-refractivity contribution in [2.75, 3.05) is 33.4 Å². The van der Waals surface area contributed by atoms with Crippen molar-refractivity contribution < 1.29 is 9.47 Å². The van der Waals surface area contributed by atoms with Crippen LogP contribution in [0.3, 0.4) is 0 Å². The summed E-state index contributed by atoms with van der Waals surface area (Å²) in [5.41, 5.74) is 5.88. The molecule has 2 N–H and O–H groups in total. The molecule has 1 fully saturated rings. The van der Waals surface area contributed by atoms with Crippen molar-refractivity contribution in [2.45, 2.75) is 51.3 Å². The minimum Gasteiger partial charge on any atom is -0.379 e. The first-order valence-corrected chi connectivity index (χ1v) is 6.42. The maximum absolute atomic E-state index is 5.95. The summed E-state index contributed by atoms with van der Waals surface area (Å²) in [5.74, 6) is 0. The highest BCUT2D eigenvalue weighted by Gasteiger charge is 2.37. The fourth-order valence-electron chi connectivity index (χ4n) is 2.52. The van der Waals surface area contributed by atoms with Gasteiger partial charge in [-0.25, -0.2) is 0 Å². The van der Waals surface area contributed by atoms with Crippen LogP contribution in [0.1, 0.15) is 34.1 Å². The molecule has 1 rings (SSSR count). The number of methoxy groups -OCH3 is 1. The molecule has 0 bridgehead atoms. The highest BCUT2D eigenvalue weighted by molar-refractivity contribution is 4.92. The Kier molecular flexibility index (Phi) is 4.95. The molecule has 0 aromatic carbocycles. The summed E-state index contributed by atoms with van der Waals surface area (Å²) in [6.45, 7) is 11.9. The van der Waals surface area contributed by atoms with E-state index in [4.69, 9.17) is 15.2 Å². The Bertz CT molecular complexity index is 242. The van der Waals surface area contributed by atoms with Crippen LogP contribution >= 0.6 is 0 Å². The van der Waals surface area contributed by atoms with Crippen molar-refractivity contribution in [1.82, 2.24) is 4.90 Å². The third kappa shape index (κ3) is 3.91. The first-order valence-electron chi connectivity index (χ1n) is 6.42. The quantitative estimate of drug-likeness (QED) is 0.790. The number of nitrogens with zero attached hydrogens (tertiary/aromatic N) is 1. The van der Waals surface area contributed by atoms with Gasteiger partial charge < -0.3 is 15.2 Å². The van der Waals surface area contributed by atoms with E-state index in [9.17, 15) is 0 Å². The van der Waals surface area contributed by atoms with E-state index in [0.717, 1.165) is 26.2 Å². The van der Waals surface area contributed by atoms with E-state index in [0.29, 0.717) is 12.6 Å². The Morgan fingerprint density at radius 3 is 2.59 bits per heavy atom. The van der Waals surface area contributed by atoms with Crippen LogP contribution in [-0.4, -0.2) is 55.5 Å². The first-order chi connectivity index (χ1) is 7.82. The summed E-state index contributed by atoms with van der Waals surface area (Å²) in [7, 11) is 1.76. The van der Waals surface area contributed by atoms with Crippen molar-refractivity contribution >= 4 is 0 Å². The molecule has 0 aromatic rings. The Labute approximate surface area is 105 Å². The summed E-state index contributed by atoms with van der Waals surface area (Å²) in [4.78, 5) is 2.47. The van der Waals surface area contributed by atoms with Gasteiger partial charge in [-0.05, 0) is 34.1 Å². The minimum atomic E-state index is -0.127. The Hall–Kier alpha value is -0.160. The van der Waals surface area contributed by atoms with Gasteiger partial charge in [-0.1, -0.05) is 0 Å². The molecule has 1 atom stereocenters. The zero-order valence-electron chi connectivity index (χ0n) is 12.0. The molecule has 0 radical (unpaired) electrons. The molecule has 1 aliphatic rings. The predicted molar refractivity (Wildman–Crippen MR) is 70.2 cm³/mol. The van der Waals surface area contributed by atoms with Crippen molar-refractivity contribution in [3.63, 3.8) is 0 Å². The predicted octanol–water partition coefficient (Wildman–Crippen LogP) is 1.24. The second-order valence-electron chi connectivity index (χ2n) is 6.12. The number of ether oxygens (including phenoxy) is 2. The molecular weight excluding hydrogens is 216 g/mol. The van der Waals surface area contributed by atoms with E-state index in [1.165, 1.54) is 0 Å². The second-order valence-corrected chi connectivity index (χ2v) is 6.12. The summed E-state index contributed by atoms with van der Waals surface area (Å²) in [5, 5.41) is 0. The molecule has 102 valence electrons. The Morgan fingerprint density at radius 1 is 1.47 bits per heavy atom. The molecule has 4 nitrogen and oxygen atoms in total. The number of rotatable bonds is 5. The van der Waals surface area contributed by atoms with E-state index in [1.807, 2.05) is 0 Å². The van der Waals surface area contributed by atoms with Crippen LogP contribution in [0.15, 0.2) is 0 Å². The molecular formula is C13H28N2O2. The molecule has 4 heteroatoms. The van der Waals surface area contributed by atoms with Gasteiger partial charge in [0, 0.05) is 31.8 Å². The van der Waals surface area contributed by atoms with Crippen molar-refractivity contribution in [2.24, 2.45) is 5.73 Å². The number of morpholine rings is 1. The van der Waals surface area contributed by atoms with Crippen molar-refractivity contribution in [3.8, 4) is 0 Å². The van der Waals surface area contributed by atoms with Gasteiger partial charge >= 0.3 is 0 Å². The van der Waals surface area contributed by atoms with Gasteiger partial charge in [-0.2, -0.15) is 0 Å². The van der Waals surface area contributed by atoms with Gasteiger partial charge in [-0.3, -0.25) is 4.90 Å². The number of hydrogen-bond acceptors (Lipinski definition) is 4. The van der Waals surface area contributed by atoms with E-state index in [-0.39, 0.29) is 11.1 Å². The zero-order valence-corrected chi connectivity index (χ0v) is 12.0. The topological polar surface area (TPSA) is 47.7 Å². The van der Waals surface area contributed by atoms with E-state index in [1.54, 1.807) is 7.11 Å². The smallest absolute Gasteiger partial charge is 0.0645 e. The van der Waals surface area contributed by atoms with E-state index < -0.39 is 0 Å². The van der Waals surface area contributed by atoms with Crippen molar-refractivity contribution in [1.29, 1.82) is 0 Å². The van der Waals surface area contributed by atoms with Gasteiger partial charge in [0.15, 0.2) is 0 Å². The first kappa shape index (κ1) is 14.9. The maximum Gasteiger partial charge on any atom is 0.0645 e. The highest BCUT2D eigenvalue weighted by atomic mass is 16.5. The minimum absolute atomic E-state index is 0.0616. The average Bonchev–Trinajstić information content (AvgIpc) is 2.26. The molecule has 1 aliphatic heterocycles. The zero-order chi connectivity index (χ0) is 13.1. The fraction of sp³-hybridized carbons (Fsp3) is 1.00. The number of hydrogen-bond donors (Lipinski definition) is 1. The van der Waals surface area contributed by atoms with Crippen LogP contribution in [0.25, 0.3) is 0 Å². The lowest BCUT2D eigenvalue weighted by molar-refractivity contribution is -0.0888. The van der Waals surface area contributed by atoms with Gasteiger partial charge in [0.1, 0.15) is 0 Å². The third-order valence-corrected chi connectivity index (χ3v) is 3.70. The molecule has 0 aromatic heterocycles. The summed E-state index contributed by atoms with van der Waals surface area (Å²) in [6, 6.07) is 0.351. The highest BCUT2D eigenvalue weighted by Crippen LogP contribution is 2.26. The SMILES string of the molecule is COC(C)(C)CC(CN)N1CCOCC1(C)C. The molecule has 0 saturated carbocycles. The molecule has 1 unspecified atom stereocenters. The van der Waals surface area contributed by atoms with Crippen LogP contribution in [0.2, 0.25) is 0 Å². The normalized spacial score (nSPS) is 23.6. The molecule has 0 spiro atoms. The summed E-state index contributed by atoms with van der Waals surface area (Å²) >= 11 is 0. The molecule has 1 heterocycles. The lowest BCUT2D eigenvalue weighted by Crippen LogP contribution is -2.60. The molecule has 0 aliphatic carbocycles. The lowest BCUT2D eigenvalue weighted by atomic mass is 9.92. The summed E-state index contributed by atoms with van der Waals surface area (Å²) in [6.07, 6.45) is 0.948. The van der Waals surface area contributed by atoms with Gasteiger partial charge in [0.05, 0.1) is 18.8 Å². The van der Waals surface area contributed by atoms with Crippen LogP contribution in [-0.2, 0) is 9.47 Å². The Balaban J connectivity index is 2.72. The van der Waals surface area contributed by atoms with Gasteiger partial charge in [0.25, 0.3) is 0 Å². The van der Waals surface area contributed by atoms with Gasteiger partial charge in [0.2, 0.25) is 0 Å². The Morgan fingerprint density at radius 2 is 2.12 bits per heavy atom. The van der Waals surface area contributed by atoms with E-state index >= 15 is 0 Å². The number of nitrogens with two attached hydrogens (primary N) is 1. The van der Waals surface area contributed by atoms with Crippen LogP contribution in [0, 0.1) is 0 Å². The molecule has 17 heavy (non-hydrogen) atoms. The third-order valence-electron chi connectivity index (χ3n) is 3.70. The maximum atomic E-state index is 5.95. The molecule has 1 saturated heterocycles. The van der Waals surface area contributed by atoms with Gasteiger partial charge in [-0.15, -0.1) is 0 Å². The van der Waals surface area contributed by atoms with E-state index in [2.05, 4.69) is 32.6 Å².